The summed E-state index contributed by atoms with van der Waals surface area (Å²) in [5, 5.41) is 2.75. The van der Waals surface area contributed by atoms with Gasteiger partial charge < -0.3 is 19.5 Å². The van der Waals surface area contributed by atoms with E-state index in [1.807, 2.05) is 13.8 Å². The van der Waals surface area contributed by atoms with Crippen molar-refractivity contribution in [3.63, 3.8) is 0 Å². The first-order chi connectivity index (χ1) is 16.8. The van der Waals surface area contributed by atoms with Gasteiger partial charge in [-0.1, -0.05) is 17.7 Å². The summed E-state index contributed by atoms with van der Waals surface area (Å²) in [4.78, 5) is 38.2. The van der Waals surface area contributed by atoms with Crippen LogP contribution >= 0.6 is 11.8 Å². The minimum atomic E-state index is -0.636. The van der Waals surface area contributed by atoms with E-state index < -0.39 is 17.8 Å². The van der Waals surface area contributed by atoms with E-state index in [9.17, 15) is 14.4 Å². The van der Waals surface area contributed by atoms with E-state index >= 15 is 0 Å². The van der Waals surface area contributed by atoms with Gasteiger partial charge in [0.05, 0.1) is 32.0 Å². The van der Waals surface area contributed by atoms with Crippen LogP contribution in [0.25, 0.3) is 0 Å². The minimum Gasteiger partial charge on any atom is -0.494 e. The van der Waals surface area contributed by atoms with Crippen molar-refractivity contribution in [2.45, 2.75) is 24.5 Å². The Morgan fingerprint density at radius 2 is 1.46 bits per heavy atom. The largest absolute Gasteiger partial charge is 0.494 e. The number of rotatable bonds is 9. The van der Waals surface area contributed by atoms with Crippen LogP contribution in [0.2, 0.25) is 0 Å². The number of benzene rings is 3. The smallest absolute Gasteiger partial charge is 0.337 e. The van der Waals surface area contributed by atoms with Gasteiger partial charge in [-0.05, 0) is 62.4 Å². The summed E-state index contributed by atoms with van der Waals surface area (Å²) in [7, 11) is 2.48. The van der Waals surface area contributed by atoms with Crippen molar-refractivity contribution < 1.29 is 28.6 Å². The average molecular weight is 494 g/mol. The highest BCUT2D eigenvalue weighted by Gasteiger charge is 2.17. The third-order valence-corrected chi connectivity index (χ3v) is 6.13. The number of methoxy groups -OCH3 is 2. The maximum Gasteiger partial charge on any atom is 0.337 e. The second-order valence-corrected chi connectivity index (χ2v) is 8.64. The standard InChI is InChI=1S/C27H27NO6S/c1-5-34-24-11-8-18(12-21(24)16-35-23-9-6-17(2)7-10-23)25(29)28-22-14-19(26(30)32-3)13-20(15-22)27(31)33-4/h6-15H,5,16H2,1-4H3,(H,28,29). The summed E-state index contributed by atoms with van der Waals surface area (Å²) >= 11 is 1.65. The van der Waals surface area contributed by atoms with E-state index in [0.29, 0.717) is 23.7 Å². The van der Waals surface area contributed by atoms with E-state index in [1.54, 1.807) is 30.0 Å². The molecule has 3 aromatic rings. The number of hydrogen-bond acceptors (Lipinski definition) is 7. The Hall–Kier alpha value is -3.78. The predicted octanol–water partition coefficient (Wildman–Crippen LogP) is 5.51. The molecule has 0 heterocycles. The Morgan fingerprint density at radius 1 is 0.829 bits per heavy atom. The lowest BCUT2D eigenvalue weighted by Crippen LogP contribution is -2.14. The number of carbonyl (C=O) groups is 3. The van der Waals surface area contributed by atoms with Gasteiger partial charge in [-0.3, -0.25) is 4.79 Å². The zero-order valence-electron chi connectivity index (χ0n) is 20.0. The van der Waals surface area contributed by atoms with E-state index in [4.69, 9.17) is 14.2 Å². The van der Waals surface area contributed by atoms with Crippen molar-refractivity contribution in [1.29, 1.82) is 0 Å². The van der Waals surface area contributed by atoms with E-state index in [1.165, 1.54) is 38.0 Å². The molecule has 0 aromatic heterocycles. The van der Waals surface area contributed by atoms with Gasteiger partial charge >= 0.3 is 11.9 Å². The third-order valence-electron chi connectivity index (χ3n) is 5.07. The monoisotopic (exact) mass is 493 g/mol. The van der Waals surface area contributed by atoms with Gasteiger partial charge in [-0.15, -0.1) is 11.8 Å². The van der Waals surface area contributed by atoms with Crippen LogP contribution in [-0.4, -0.2) is 38.7 Å². The SMILES string of the molecule is CCOc1ccc(C(=O)Nc2cc(C(=O)OC)cc(C(=O)OC)c2)cc1CSc1ccc(C)cc1. The van der Waals surface area contributed by atoms with Crippen molar-refractivity contribution in [3.8, 4) is 5.75 Å². The highest BCUT2D eigenvalue weighted by Crippen LogP contribution is 2.30. The summed E-state index contributed by atoms with van der Waals surface area (Å²) < 4.78 is 15.3. The molecule has 0 unspecified atom stereocenters. The molecule has 3 aromatic carbocycles. The van der Waals surface area contributed by atoms with Crippen LogP contribution in [-0.2, 0) is 15.2 Å². The molecule has 182 valence electrons. The first-order valence-corrected chi connectivity index (χ1v) is 11.9. The van der Waals surface area contributed by atoms with Gasteiger partial charge in [0.25, 0.3) is 5.91 Å². The predicted molar refractivity (Wildman–Crippen MR) is 135 cm³/mol. The van der Waals surface area contributed by atoms with E-state index in [0.717, 1.165) is 10.5 Å². The number of aryl methyl sites for hydroxylation is 1. The van der Waals surface area contributed by atoms with Gasteiger partial charge in [-0.25, -0.2) is 9.59 Å². The number of ether oxygens (including phenoxy) is 3. The first kappa shape index (κ1) is 25.8. The van der Waals surface area contributed by atoms with Crippen LogP contribution in [0.15, 0.2) is 65.6 Å². The summed E-state index contributed by atoms with van der Waals surface area (Å²) in [6.07, 6.45) is 0. The number of amides is 1. The third kappa shape index (κ3) is 6.86. The molecule has 0 fully saturated rings. The van der Waals surface area contributed by atoms with Crippen molar-refractivity contribution in [1.82, 2.24) is 0 Å². The molecule has 0 atom stereocenters. The number of anilines is 1. The van der Waals surface area contributed by atoms with Crippen LogP contribution in [0.3, 0.4) is 0 Å². The van der Waals surface area contributed by atoms with Crippen LogP contribution in [0.1, 0.15) is 49.1 Å². The fourth-order valence-corrected chi connectivity index (χ4v) is 4.18. The summed E-state index contributed by atoms with van der Waals surface area (Å²) in [6, 6.07) is 17.7. The number of nitrogens with one attached hydrogen (secondary N) is 1. The summed E-state index contributed by atoms with van der Waals surface area (Å²) in [6.45, 7) is 4.45. The number of esters is 2. The topological polar surface area (TPSA) is 90.9 Å². The molecule has 0 saturated heterocycles. The quantitative estimate of drug-likeness (QED) is 0.310. The molecule has 1 amide bonds. The van der Waals surface area contributed by atoms with Crippen LogP contribution in [0.5, 0.6) is 5.75 Å². The maximum absolute atomic E-state index is 13.1. The van der Waals surface area contributed by atoms with Crippen LogP contribution in [0.4, 0.5) is 5.69 Å². The molecule has 0 aliphatic heterocycles. The zero-order valence-corrected chi connectivity index (χ0v) is 20.9. The molecule has 35 heavy (non-hydrogen) atoms. The normalized spacial score (nSPS) is 10.4. The molecule has 0 aliphatic carbocycles. The minimum absolute atomic E-state index is 0.118. The van der Waals surface area contributed by atoms with E-state index in [-0.39, 0.29) is 16.8 Å². The van der Waals surface area contributed by atoms with Crippen molar-refractivity contribution in [2.24, 2.45) is 0 Å². The highest BCUT2D eigenvalue weighted by molar-refractivity contribution is 7.98. The lowest BCUT2D eigenvalue weighted by atomic mass is 10.1. The zero-order chi connectivity index (χ0) is 25.4. The summed E-state index contributed by atoms with van der Waals surface area (Å²) in [5.74, 6) is -0.341. The second-order valence-electron chi connectivity index (χ2n) is 7.59. The highest BCUT2D eigenvalue weighted by atomic mass is 32.2. The molecule has 0 spiro atoms. The molecule has 0 saturated carbocycles. The average Bonchev–Trinajstić information content (AvgIpc) is 2.87. The Balaban J connectivity index is 1.85. The molecule has 0 bridgehead atoms. The van der Waals surface area contributed by atoms with E-state index in [2.05, 4.69) is 29.6 Å². The molecule has 0 radical (unpaired) electrons. The Morgan fingerprint density at radius 3 is 2.03 bits per heavy atom. The second kappa shape index (κ2) is 12.1. The van der Waals surface area contributed by atoms with Gasteiger partial charge in [0.1, 0.15) is 5.75 Å². The molecule has 7 nitrogen and oxygen atoms in total. The molecule has 3 rings (SSSR count). The Kier molecular flexibility index (Phi) is 8.92. The van der Waals surface area contributed by atoms with Gasteiger partial charge in [-0.2, -0.15) is 0 Å². The van der Waals surface area contributed by atoms with Crippen molar-refractivity contribution in [3.05, 3.63) is 88.5 Å². The number of hydrogen-bond donors (Lipinski definition) is 1. The first-order valence-electron chi connectivity index (χ1n) is 10.9. The maximum atomic E-state index is 13.1. The molecule has 0 aliphatic rings. The van der Waals surface area contributed by atoms with Crippen LogP contribution in [0, 0.1) is 6.92 Å². The Labute approximate surface area is 208 Å². The lowest BCUT2D eigenvalue weighted by molar-refractivity contribution is 0.0599. The van der Waals surface area contributed by atoms with Gasteiger partial charge in [0.2, 0.25) is 0 Å². The number of carbonyl (C=O) groups excluding carboxylic acids is 3. The lowest BCUT2D eigenvalue weighted by Gasteiger charge is -2.13. The Bertz CT molecular complexity index is 1190. The van der Waals surface area contributed by atoms with Gasteiger partial charge in [0, 0.05) is 27.5 Å². The van der Waals surface area contributed by atoms with Crippen molar-refractivity contribution in [2.75, 3.05) is 26.1 Å². The van der Waals surface area contributed by atoms with Gasteiger partial charge in [0.15, 0.2) is 0 Å². The summed E-state index contributed by atoms with van der Waals surface area (Å²) in [5.41, 5.74) is 2.98. The fraction of sp³-hybridized carbons (Fsp3) is 0.222. The molecule has 8 heteroatoms. The molecular weight excluding hydrogens is 466 g/mol. The number of thioether (sulfide) groups is 1. The molecular formula is C27H27NO6S. The van der Waals surface area contributed by atoms with Crippen LogP contribution < -0.4 is 10.1 Å². The molecule has 1 N–H and O–H groups in total. The fourth-order valence-electron chi connectivity index (χ4n) is 3.30. The van der Waals surface area contributed by atoms with Crippen molar-refractivity contribution >= 4 is 35.3 Å².